The van der Waals surface area contributed by atoms with Crippen LogP contribution < -0.4 is 0 Å². The standard InChI is InChI=1S/C4H7F2N.C2H6O.C2H6/c1-7-2-4(5,6)3-7;1-3-2;1-2/h2-3H2,1H3;1-2H3;1-2H3. The number of methoxy groups -OCH3 is 1. The highest BCUT2D eigenvalue weighted by molar-refractivity contribution is 4.83. The van der Waals surface area contributed by atoms with Gasteiger partial charge in [-0.25, -0.2) is 8.78 Å². The predicted octanol–water partition coefficient (Wildman–Crippen LogP) is 1.86. The van der Waals surface area contributed by atoms with E-state index < -0.39 is 5.92 Å². The summed E-state index contributed by atoms with van der Waals surface area (Å²) in [5.74, 6) is -2.38. The highest BCUT2D eigenvalue weighted by atomic mass is 19.3. The lowest BCUT2D eigenvalue weighted by atomic mass is 10.2. The van der Waals surface area contributed by atoms with Crippen molar-refractivity contribution in [3.63, 3.8) is 0 Å². The molecular weight excluding hydrogens is 164 g/mol. The van der Waals surface area contributed by atoms with Crippen LogP contribution in [-0.4, -0.2) is 45.2 Å². The van der Waals surface area contributed by atoms with Crippen molar-refractivity contribution in [2.24, 2.45) is 0 Å². The zero-order valence-corrected chi connectivity index (χ0v) is 8.53. The largest absolute Gasteiger partial charge is 0.388 e. The quantitative estimate of drug-likeness (QED) is 0.568. The van der Waals surface area contributed by atoms with Crippen LogP contribution in [0.4, 0.5) is 8.78 Å². The molecule has 12 heavy (non-hydrogen) atoms. The van der Waals surface area contributed by atoms with E-state index in [9.17, 15) is 8.78 Å². The Kier molecular flexibility index (Phi) is 8.86. The van der Waals surface area contributed by atoms with E-state index in [1.54, 1.807) is 26.2 Å². The summed E-state index contributed by atoms with van der Waals surface area (Å²) < 4.78 is 27.7. The Morgan fingerprint density at radius 3 is 1.42 bits per heavy atom. The van der Waals surface area contributed by atoms with Gasteiger partial charge in [0, 0.05) is 14.2 Å². The van der Waals surface area contributed by atoms with Gasteiger partial charge in [0.05, 0.1) is 13.1 Å². The molecule has 0 N–H and O–H groups in total. The molecule has 2 nitrogen and oxygen atoms in total. The summed E-state index contributed by atoms with van der Waals surface area (Å²) in [5, 5.41) is 0. The monoisotopic (exact) mass is 183 g/mol. The molecule has 1 aliphatic rings. The molecule has 1 saturated heterocycles. The van der Waals surface area contributed by atoms with Gasteiger partial charge in [0.15, 0.2) is 0 Å². The second kappa shape index (κ2) is 7.43. The lowest BCUT2D eigenvalue weighted by molar-refractivity contribution is -0.119. The number of hydrogen-bond acceptors (Lipinski definition) is 2. The van der Waals surface area contributed by atoms with E-state index in [4.69, 9.17) is 0 Å². The van der Waals surface area contributed by atoms with Gasteiger partial charge in [-0.1, -0.05) is 13.8 Å². The summed E-state index contributed by atoms with van der Waals surface area (Å²) >= 11 is 0. The normalized spacial score (nSPS) is 19.2. The minimum atomic E-state index is -2.38. The first-order valence-electron chi connectivity index (χ1n) is 3.98. The molecular formula is C8H19F2NO. The lowest BCUT2D eigenvalue weighted by Gasteiger charge is -2.35. The van der Waals surface area contributed by atoms with Crippen LogP contribution in [0.5, 0.6) is 0 Å². The molecule has 76 valence electrons. The van der Waals surface area contributed by atoms with Gasteiger partial charge >= 0.3 is 0 Å². The van der Waals surface area contributed by atoms with Gasteiger partial charge in [0.1, 0.15) is 0 Å². The van der Waals surface area contributed by atoms with E-state index >= 15 is 0 Å². The predicted molar refractivity (Wildman–Crippen MR) is 46.7 cm³/mol. The molecule has 0 atom stereocenters. The molecule has 0 saturated carbocycles. The molecule has 0 aromatic carbocycles. The van der Waals surface area contributed by atoms with Crippen molar-refractivity contribution in [1.29, 1.82) is 0 Å². The SMILES string of the molecule is CC.CN1CC(F)(F)C1.COC. The van der Waals surface area contributed by atoms with Crippen molar-refractivity contribution in [3.8, 4) is 0 Å². The van der Waals surface area contributed by atoms with E-state index in [-0.39, 0.29) is 13.1 Å². The van der Waals surface area contributed by atoms with E-state index in [1.807, 2.05) is 13.8 Å². The molecule has 0 aromatic heterocycles. The fraction of sp³-hybridized carbons (Fsp3) is 1.00. The Balaban J connectivity index is 0. The second-order valence-corrected chi connectivity index (χ2v) is 2.44. The van der Waals surface area contributed by atoms with Crippen LogP contribution in [0.15, 0.2) is 0 Å². The fourth-order valence-corrected chi connectivity index (χ4v) is 0.743. The minimum Gasteiger partial charge on any atom is -0.388 e. The van der Waals surface area contributed by atoms with Gasteiger partial charge in [-0.2, -0.15) is 0 Å². The van der Waals surface area contributed by atoms with Crippen LogP contribution in [0.1, 0.15) is 13.8 Å². The van der Waals surface area contributed by atoms with E-state index in [0.29, 0.717) is 0 Å². The van der Waals surface area contributed by atoms with Crippen molar-refractivity contribution >= 4 is 0 Å². The molecule has 0 unspecified atom stereocenters. The Hall–Kier alpha value is -0.220. The fourth-order valence-electron chi connectivity index (χ4n) is 0.743. The summed E-state index contributed by atoms with van der Waals surface area (Å²) in [6.45, 7) is 3.88. The summed E-state index contributed by atoms with van der Waals surface area (Å²) in [6, 6.07) is 0. The molecule has 1 aliphatic heterocycles. The molecule has 4 heteroatoms. The first kappa shape index (κ1) is 14.3. The Labute approximate surface area is 73.5 Å². The maximum Gasteiger partial charge on any atom is 0.272 e. The van der Waals surface area contributed by atoms with Gasteiger partial charge in [-0.3, -0.25) is 4.90 Å². The smallest absolute Gasteiger partial charge is 0.272 e. The number of nitrogens with zero attached hydrogens (tertiary/aromatic N) is 1. The summed E-state index contributed by atoms with van der Waals surface area (Å²) in [6.07, 6.45) is 0. The van der Waals surface area contributed by atoms with Crippen LogP contribution in [0.2, 0.25) is 0 Å². The highest BCUT2D eigenvalue weighted by Crippen LogP contribution is 2.23. The first-order valence-corrected chi connectivity index (χ1v) is 3.98. The first-order chi connectivity index (χ1) is 5.52. The highest BCUT2D eigenvalue weighted by Gasteiger charge is 2.41. The van der Waals surface area contributed by atoms with Crippen LogP contribution in [0, 0.1) is 0 Å². The summed E-state index contributed by atoms with van der Waals surface area (Å²) in [4.78, 5) is 1.58. The Morgan fingerprint density at radius 1 is 1.17 bits per heavy atom. The van der Waals surface area contributed by atoms with Gasteiger partial charge in [0.2, 0.25) is 0 Å². The molecule has 0 radical (unpaired) electrons. The molecule has 0 amide bonds. The van der Waals surface area contributed by atoms with Crippen molar-refractivity contribution < 1.29 is 13.5 Å². The zero-order chi connectivity index (χ0) is 10.2. The van der Waals surface area contributed by atoms with E-state index in [2.05, 4.69) is 4.74 Å². The van der Waals surface area contributed by atoms with Gasteiger partial charge < -0.3 is 4.74 Å². The Bertz CT molecular complexity index is 91.1. The van der Waals surface area contributed by atoms with Crippen molar-refractivity contribution in [3.05, 3.63) is 0 Å². The molecule has 1 heterocycles. The maximum absolute atomic E-state index is 11.7. The molecule has 0 aliphatic carbocycles. The average molecular weight is 183 g/mol. The number of likely N-dealkylation sites (tertiary alicyclic amines) is 1. The van der Waals surface area contributed by atoms with Gasteiger partial charge in [-0.15, -0.1) is 0 Å². The minimum absolute atomic E-state index is 0.0625. The number of ether oxygens (including phenoxy) is 1. The van der Waals surface area contributed by atoms with Crippen LogP contribution in [0.3, 0.4) is 0 Å². The van der Waals surface area contributed by atoms with Crippen molar-refractivity contribution in [2.75, 3.05) is 34.4 Å². The number of rotatable bonds is 0. The third kappa shape index (κ3) is 7.88. The van der Waals surface area contributed by atoms with Gasteiger partial charge in [-0.05, 0) is 7.05 Å². The summed E-state index contributed by atoms with van der Waals surface area (Å²) in [5.41, 5.74) is 0. The van der Waals surface area contributed by atoms with Crippen LogP contribution >= 0.6 is 0 Å². The van der Waals surface area contributed by atoms with Crippen molar-refractivity contribution in [2.45, 2.75) is 19.8 Å². The van der Waals surface area contributed by atoms with E-state index in [0.717, 1.165) is 0 Å². The molecule has 0 bridgehead atoms. The van der Waals surface area contributed by atoms with Crippen molar-refractivity contribution in [1.82, 2.24) is 4.90 Å². The number of halogens is 2. The second-order valence-electron chi connectivity index (χ2n) is 2.44. The summed E-state index contributed by atoms with van der Waals surface area (Å²) in [7, 11) is 4.93. The van der Waals surface area contributed by atoms with Crippen LogP contribution in [-0.2, 0) is 4.74 Å². The molecule has 0 spiro atoms. The molecule has 1 fully saturated rings. The topological polar surface area (TPSA) is 12.5 Å². The number of alkyl halides is 2. The zero-order valence-electron chi connectivity index (χ0n) is 8.53. The van der Waals surface area contributed by atoms with Gasteiger partial charge in [0.25, 0.3) is 5.92 Å². The maximum atomic E-state index is 11.7. The lowest BCUT2D eigenvalue weighted by Crippen LogP contribution is -2.53. The molecule has 0 aromatic rings. The van der Waals surface area contributed by atoms with E-state index in [1.165, 1.54) is 0 Å². The third-order valence-corrected chi connectivity index (χ3v) is 1.00. The average Bonchev–Trinajstić information content (AvgIpc) is 1.90. The Morgan fingerprint density at radius 2 is 1.42 bits per heavy atom. The molecule has 1 rings (SSSR count). The van der Waals surface area contributed by atoms with Crippen LogP contribution in [0.25, 0.3) is 0 Å². The number of hydrogen-bond donors (Lipinski definition) is 0. The third-order valence-electron chi connectivity index (χ3n) is 1.00.